The molecule has 0 aromatic carbocycles. The topological polar surface area (TPSA) is 87.7 Å². The Morgan fingerprint density at radius 1 is 1.18 bits per heavy atom. The Morgan fingerprint density at radius 2 is 1.86 bits per heavy atom. The second kappa shape index (κ2) is 6.63. The largest absolute Gasteiger partial charge is 0.433 e. The predicted octanol–water partition coefficient (Wildman–Crippen LogP) is 2.96. The third-order valence-electron chi connectivity index (χ3n) is 5.91. The maximum Gasteiger partial charge on any atom is 0.433 e. The van der Waals surface area contributed by atoms with E-state index in [0.717, 1.165) is 31.7 Å². The lowest BCUT2D eigenvalue weighted by atomic mass is 9.86. The molecule has 152 valence electrons. The third-order valence-corrected chi connectivity index (χ3v) is 5.91. The van der Waals surface area contributed by atoms with Gasteiger partial charge < -0.3 is 11.1 Å². The molecule has 1 aromatic rings. The zero-order valence-corrected chi connectivity index (χ0v) is 15.9. The SMILES string of the molecule is C[C@H](C1CC1)C1(c2cccc(C(F)(F)F)n2)N=C(N)NC(=N[C@H](C)C2CC2)N1. The number of hydrogen-bond acceptors (Lipinski definition) is 4. The average Bonchev–Trinajstić information content (AvgIpc) is 3.52. The van der Waals surface area contributed by atoms with Crippen molar-refractivity contribution in [1.82, 2.24) is 15.6 Å². The monoisotopic (exact) mass is 394 g/mol. The van der Waals surface area contributed by atoms with E-state index < -0.39 is 17.5 Å². The molecule has 0 saturated heterocycles. The van der Waals surface area contributed by atoms with Crippen LogP contribution in [0.25, 0.3) is 0 Å². The van der Waals surface area contributed by atoms with E-state index in [1.165, 1.54) is 6.07 Å². The van der Waals surface area contributed by atoms with Gasteiger partial charge in [0, 0.05) is 5.92 Å². The highest BCUT2D eigenvalue weighted by Gasteiger charge is 2.49. The fraction of sp³-hybridized carbons (Fsp3) is 0.632. The second-order valence-corrected chi connectivity index (χ2v) is 8.10. The van der Waals surface area contributed by atoms with Crippen LogP contribution in [0.3, 0.4) is 0 Å². The first-order chi connectivity index (χ1) is 13.2. The number of aliphatic imine (C=N–C) groups is 2. The lowest BCUT2D eigenvalue weighted by Crippen LogP contribution is -2.62. The Morgan fingerprint density at radius 3 is 2.46 bits per heavy atom. The summed E-state index contributed by atoms with van der Waals surface area (Å²) >= 11 is 0. The first-order valence-electron chi connectivity index (χ1n) is 9.72. The van der Waals surface area contributed by atoms with Crippen molar-refractivity contribution < 1.29 is 13.2 Å². The van der Waals surface area contributed by atoms with E-state index in [2.05, 4.69) is 25.6 Å². The van der Waals surface area contributed by atoms with Crippen LogP contribution < -0.4 is 16.4 Å². The normalized spacial score (nSPS) is 28.9. The number of aromatic nitrogens is 1. The number of nitrogens with one attached hydrogen (secondary N) is 2. The number of hydrogen-bond donors (Lipinski definition) is 3. The van der Waals surface area contributed by atoms with Gasteiger partial charge in [-0.3, -0.25) is 5.32 Å². The van der Waals surface area contributed by atoms with Crippen LogP contribution in [0, 0.1) is 17.8 Å². The fourth-order valence-electron chi connectivity index (χ4n) is 3.84. The standard InChI is InChI=1S/C19H25F3N6/c1-10(12-6-7-12)18(14-4-3-5-15(25-14)19(20,21)22)27-16(23)26-17(28-18)24-11(2)13-8-9-13/h3-5,10-13H,6-9H2,1-2H3,(H4,23,24,26,27,28)/t10-,11-,18?/m1/s1. The Hall–Kier alpha value is -2.32. The molecule has 2 saturated carbocycles. The van der Waals surface area contributed by atoms with Crippen molar-refractivity contribution >= 4 is 11.9 Å². The zero-order valence-electron chi connectivity index (χ0n) is 15.9. The summed E-state index contributed by atoms with van der Waals surface area (Å²) in [5, 5.41) is 6.20. The molecular formula is C19H25F3N6. The van der Waals surface area contributed by atoms with Gasteiger partial charge >= 0.3 is 6.18 Å². The van der Waals surface area contributed by atoms with Crippen LogP contribution in [0.1, 0.15) is 50.9 Å². The highest BCUT2D eigenvalue weighted by Crippen LogP contribution is 2.47. The number of nitrogens with two attached hydrogens (primary N) is 1. The van der Waals surface area contributed by atoms with E-state index in [9.17, 15) is 13.2 Å². The summed E-state index contributed by atoms with van der Waals surface area (Å²) < 4.78 is 39.8. The highest BCUT2D eigenvalue weighted by atomic mass is 19.4. The van der Waals surface area contributed by atoms with Crippen molar-refractivity contribution in [2.75, 3.05) is 0 Å². The third kappa shape index (κ3) is 3.66. The molecule has 2 fully saturated rings. The maximum atomic E-state index is 13.3. The van der Waals surface area contributed by atoms with Crippen LogP contribution in [0.4, 0.5) is 13.2 Å². The molecule has 1 aromatic heterocycles. The quantitative estimate of drug-likeness (QED) is 0.717. The molecule has 3 atom stereocenters. The van der Waals surface area contributed by atoms with Gasteiger partial charge in [0.25, 0.3) is 0 Å². The van der Waals surface area contributed by atoms with Gasteiger partial charge in [-0.05, 0) is 56.6 Å². The van der Waals surface area contributed by atoms with Gasteiger partial charge in [-0.15, -0.1) is 0 Å². The van der Waals surface area contributed by atoms with Crippen molar-refractivity contribution in [3.8, 4) is 0 Å². The van der Waals surface area contributed by atoms with Crippen molar-refractivity contribution in [3.05, 3.63) is 29.6 Å². The number of rotatable bonds is 5. The number of pyridine rings is 1. The van der Waals surface area contributed by atoms with Gasteiger partial charge in [0.15, 0.2) is 11.6 Å². The molecule has 0 bridgehead atoms. The molecule has 0 radical (unpaired) electrons. The van der Waals surface area contributed by atoms with E-state index in [-0.39, 0.29) is 23.6 Å². The summed E-state index contributed by atoms with van der Waals surface area (Å²) in [6.45, 7) is 4.02. The summed E-state index contributed by atoms with van der Waals surface area (Å²) in [4.78, 5) is 13.2. The zero-order chi connectivity index (χ0) is 20.1. The number of halogens is 3. The molecule has 2 aliphatic carbocycles. The summed E-state index contributed by atoms with van der Waals surface area (Å²) in [7, 11) is 0. The van der Waals surface area contributed by atoms with Gasteiger partial charge in [0.1, 0.15) is 5.69 Å². The second-order valence-electron chi connectivity index (χ2n) is 8.10. The van der Waals surface area contributed by atoms with E-state index in [1.807, 2.05) is 13.8 Å². The van der Waals surface area contributed by atoms with Gasteiger partial charge in [0.2, 0.25) is 5.96 Å². The van der Waals surface area contributed by atoms with Crippen molar-refractivity contribution in [2.45, 2.75) is 57.4 Å². The van der Waals surface area contributed by atoms with Crippen molar-refractivity contribution in [3.63, 3.8) is 0 Å². The predicted molar refractivity (Wildman–Crippen MR) is 100 cm³/mol. The molecule has 3 aliphatic rings. The lowest BCUT2D eigenvalue weighted by Gasteiger charge is -2.40. The van der Waals surface area contributed by atoms with Crippen LogP contribution in [-0.2, 0) is 11.8 Å². The molecule has 0 spiro atoms. The number of guanidine groups is 2. The van der Waals surface area contributed by atoms with E-state index >= 15 is 0 Å². The van der Waals surface area contributed by atoms with Gasteiger partial charge in [-0.1, -0.05) is 13.0 Å². The van der Waals surface area contributed by atoms with Gasteiger partial charge in [0.05, 0.1) is 11.7 Å². The minimum absolute atomic E-state index is 0.0921. The molecule has 6 nitrogen and oxygen atoms in total. The minimum Gasteiger partial charge on any atom is -0.370 e. The summed E-state index contributed by atoms with van der Waals surface area (Å²) in [6.07, 6.45) is -0.227. The fourth-order valence-corrected chi connectivity index (χ4v) is 3.84. The Labute approximate surface area is 161 Å². The van der Waals surface area contributed by atoms with E-state index in [4.69, 9.17) is 5.73 Å². The first kappa shape index (κ1) is 19.0. The maximum absolute atomic E-state index is 13.3. The van der Waals surface area contributed by atoms with E-state index in [1.54, 1.807) is 6.07 Å². The molecule has 28 heavy (non-hydrogen) atoms. The van der Waals surface area contributed by atoms with Gasteiger partial charge in [-0.2, -0.15) is 13.2 Å². The Kier molecular flexibility index (Phi) is 4.50. The molecule has 0 amide bonds. The van der Waals surface area contributed by atoms with Crippen LogP contribution in [0.2, 0.25) is 0 Å². The molecule has 4 N–H and O–H groups in total. The number of nitrogens with zero attached hydrogens (tertiary/aromatic N) is 3. The molecule has 4 rings (SSSR count). The summed E-state index contributed by atoms with van der Waals surface area (Å²) in [6, 6.07) is 4.01. The number of alkyl halides is 3. The van der Waals surface area contributed by atoms with Crippen LogP contribution in [0.5, 0.6) is 0 Å². The van der Waals surface area contributed by atoms with Crippen molar-refractivity contribution in [2.24, 2.45) is 33.5 Å². The first-order valence-corrected chi connectivity index (χ1v) is 9.72. The molecule has 1 unspecified atom stereocenters. The average molecular weight is 394 g/mol. The molecule has 9 heteroatoms. The van der Waals surface area contributed by atoms with E-state index in [0.29, 0.717) is 17.8 Å². The van der Waals surface area contributed by atoms with Crippen molar-refractivity contribution in [1.29, 1.82) is 0 Å². The Bertz CT molecular complexity index is 812. The lowest BCUT2D eigenvalue weighted by molar-refractivity contribution is -0.141. The smallest absolute Gasteiger partial charge is 0.370 e. The van der Waals surface area contributed by atoms with Crippen LogP contribution >= 0.6 is 0 Å². The molecule has 2 heterocycles. The minimum atomic E-state index is -4.53. The Balaban J connectivity index is 1.77. The highest BCUT2D eigenvalue weighted by molar-refractivity contribution is 6.00. The van der Waals surface area contributed by atoms with Gasteiger partial charge in [-0.25, -0.2) is 15.0 Å². The summed E-state index contributed by atoms with van der Waals surface area (Å²) in [5.41, 5.74) is 4.14. The van der Waals surface area contributed by atoms with Crippen LogP contribution in [0.15, 0.2) is 28.2 Å². The summed E-state index contributed by atoms with van der Waals surface area (Å²) in [5.74, 6) is 1.37. The molecule has 1 aliphatic heterocycles. The molecular weight excluding hydrogens is 369 g/mol. The van der Waals surface area contributed by atoms with Crippen LogP contribution in [-0.4, -0.2) is 22.9 Å².